The van der Waals surface area contributed by atoms with Crippen LogP contribution in [0.5, 0.6) is 17.2 Å². The number of carbonyl (C=O) groups is 1. The topological polar surface area (TPSA) is 110 Å². The number of ether oxygens (including phenoxy) is 9. The zero-order valence-electron chi connectivity index (χ0n) is 40.5. The molecule has 15 heteroatoms. The number of hydrogen-bond donors (Lipinski definition) is 0. The van der Waals surface area contributed by atoms with Crippen molar-refractivity contribution in [2.75, 3.05) is 140 Å². The highest BCUT2D eigenvalue weighted by molar-refractivity contribution is 7.21. The van der Waals surface area contributed by atoms with Crippen LogP contribution in [0.2, 0.25) is 0 Å². The summed E-state index contributed by atoms with van der Waals surface area (Å²) in [5, 5.41) is 2.03. The smallest absolute Gasteiger partial charge is 0.333 e. The SMILES string of the molecule is C=C(C)C(=O)OCc1csc(-c2ccc(/C=C/c3ccc(N4CCOc5cc(C)ccc5N5CCOCCOCCN(CCOCCOCC5)c5ccc(C)cc5OCC4)c(OCCOC)c3)s2)c1. The molecule has 370 valence electrons. The average molecular weight is 982 g/mol. The lowest BCUT2D eigenvalue weighted by Gasteiger charge is -2.30. The molecule has 5 aromatic rings. The van der Waals surface area contributed by atoms with Gasteiger partial charge in [-0.15, -0.1) is 22.7 Å². The molecule has 0 aliphatic carbocycles. The van der Waals surface area contributed by atoms with Crippen molar-refractivity contribution in [3.05, 3.63) is 117 Å². The first-order chi connectivity index (χ1) is 33.7. The van der Waals surface area contributed by atoms with Crippen LogP contribution >= 0.6 is 22.7 Å². The van der Waals surface area contributed by atoms with E-state index in [1.165, 1.54) is 0 Å². The van der Waals surface area contributed by atoms with E-state index in [1.807, 2.05) is 5.38 Å². The van der Waals surface area contributed by atoms with E-state index < -0.39 is 0 Å². The maximum absolute atomic E-state index is 11.9. The Morgan fingerprint density at radius 2 is 1.19 bits per heavy atom. The van der Waals surface area contributed by atoms with Gasteiger partial charge in [0.05, 0.1) is 89.6 Å². The van der Waals surface area contributed by atoms with E-state index in [0.29, 0.717) is 124 Å². The Labute approximate surface area is 415 Å². The van der Waals surface area contributed by atoms with Gasteiger partial charge >= 0.3 is 5.97 Å². The molecule has 13 nitrogen and oxygen atoms in total. The van der Waals surface area contributed by atoms with Crippen molar-refractivity contribution in [1.29, 1.82) is 0 Å². The summed E-state index contributed by atoms with van der Waals surface area (Å²) in [6, 6.07) is 25.4. The summed E-state index contributed by atoms with van der Waals surface area (Å²) < 4.78 is 55.2. The van der Waals surface area contributed by atoms with Gasteiger partial charge in [0.25, 0.3) is 0 Å². The third kappa shape index (κ3) is 15.8. The maximum Gasteiger partial charge on any atom is 0.333 e. The Kier molecular flexibility index (Phi) is 20.2. The number of benzene rings is 3. The molecule has 0 N–H and O–H groups in total. The van der Waals surface area contributed by atoms with Gasteiger partial charge in [0, 0.05) is 59.1 Å². The number of hydrogen-bond acceptors (Lipinski definition) is 15. The third-order valence-corrected chi connectivity index (χ3v) is 13.7. The summed E-state index contributed by atoms with van der Waals surface area (Å²) in [5.74, 6) is 1.96. The van der Waals surface area contributed by atoms with Crippen LogP contribution in [-0.2, 0) is 39.8 Å². The first kappa shape index (κ1) is 51.5. The van der Waals surface area contributed by atoms with Gasteiger partial charge in [0.15, 0.2) is 0 Å². The number of methoxy groups -OCH3 is 1. The second kappa shape index (κ2) is 27.1. The van der Waals surface area contributed by atoms with Gasteiger partial charge in [-0.05, 0) is 104 Å². The third-order valence-electron chi connectivity index (χ3n) is 11.5. The molecule has 0 saturated carbocycles. The number of fused-ring (bicyclic) bond motifs is 20. The minimum atomic E-state index is -0.385. The van der Waals surface area contributed by atoms with Crippen LogP contribution in [0.4, 0.5) is 17.1 Å². The fraction of sp³-hybridized carbons (Fsp3) is 0.426. The molecule has 0 spiro atoms. The van der Waals surface area contributed by atoms with Crippen molar-refractivity contribution in [1.82, 2.24) is 0 Å². The van der Waals surface area contributed by atoms with E-state index in [-0.39, 0.29) is 12.6 Å². The molecular weight excluding hydrogens is 915 g/mol. The highest BCUT2D eigenvalue weighted by Gasteiger charge is 2.20. The van der Waals surface area contributed by atoms with E-state index in [4.69, 9.17) is 42.6 Å². The number of carbonyl (C=O) groups excluding carboxylic acids is 1. The number of esters is 1. The van der Waals surface area contributed by atoms with Crippen LogP contribution in [0.15, 0.2) is 90.3 Å². The average Bonchev–Trinajstić information content (AvgIpc) is 4.03. The van der Waals surface area contributed by atoms with Crippen LogP contribution in [0, 0.1) is 13.8 Å². The summed E-state index contributed by atoms with van der Waals surface area (Å²) in [7, 11) is 1.68. The van der Waals surface area contributed by atoms with Gasteiger partial charge < -0.3 is 57.3 Å². The number of aryl methyl sites for hydroxylation is 2. The lowest BCUT2D eigenvalue weighted by Crippen LogP contribution is -2.34. The standard InChI is InChI=1S/C54H67N3O10S2/c1-40(2)54(58)67-38-44-37-53(68-39-44)52-15-11-45(69-52)10-8-43-9-14-48(51(36-43)66-33-28-59-5)57-20-26-64-49-34-41(3)6-12-46(49)55-16-22-60-29-31-62-24-18-56(19-25-63-32-30-61-23-17-55)47-13-7-42(4)35-50(47)65-27-21-57/h6-15,34-37,39H,1,16-33,38H2,2-5H3/b10-8+. The summed E-state index contributed by atoms with van der Waals surface area (Å²) in [4.78, 5) is 22.1. The molecule has 3 aromatic carbocycles. The van der Waals surface area contributed by atoms with E-state index in [1.54, 1.807) is 36.7 Å². The van der Waals surface area contributed by atoms with Gasteiger partial charge in [-0.3, -0.25) is 0 Å². The first-order valence-corrected chi connectivity index (χ1v) is 25.4. The van der Waals surface area contributed by atoms with E-state index in [9.17, 15) is 4.79 Å². The molecule has 1 fully saturated rings. The molecule has 0 unspecified atom stereocenters. The second-order valence-electron chi connectivity index (χ2n) is 16.8. The molecule has 3 aliphatic heterocycles. The van der Waals surface area contributed by atoms with Crippen LogP contribution in [0.1, 0.15) is 34.1 Å². The molecule has 1 saturated heterocycles. The zero-order valence-corrected chi connectivity index (χ0v) is 42.2. The van der Waals surface area contributed by atoms with Crippen molar-refractivity contribution in [3.63, 3.8) is 0 Å². The van der Waals surface area contributed by atoms with Crippen molar-refractivity contribution >= 4 is 57.9 Å². The van der Waals surface area contributed by atoms with E-state index >= 15 is 0 Å². The van der Waals surface area contributed by atoms with Gasteiger partial charge in [0.2, 0.25) is 0 Å². The molecular formula is C54H67N3O10S2. The Morgan fingerprint density at radius 1 is 0.638 bits per heavy atom. The number of anilines is 3. The van der Waals surface area contributed by atoms with E-state index in [2.05, 4.69) is 120 Å². The number of rotatable bonds is 11. The summed E-state index contributed by atoms with van der Waals surface area (Å²) in [6.45, 7) is 19.2. The highest BCUT2D eigenvalue weighted by atomic mass is 32.1. The predicted octanol–water partition coefficient (Wildman–Crippen LogP) is 9.58. The lowest BCUT2D eigenvalue weighted by atomic mass is 10.1. The van der Waals surface area contributed by atoms with Crippen LogP contribution in [-0.4, -0.2) is 132 Å². The second-order valence-corrected chi connectivity index (χ2v) is 18.9. The Hall–Kier alpha value is -5.39. The minimum absolute atomic E-state index is 0.222. The zero-order chi connectivity index (χ0) is 48.2. The maximum atomic E-state index is 11.9. The Morgan fingerprint density at radius 3 is 1.75 bits per heavy atom. The molecule has 69 heavy (non-hydrogen) atoms. The summed E-state index contributed by atoms with van der Waals surface area (Å²) >= 11 is 3.34. The van der Waals surface area contributed by atoms with Gasteiger partial charge in [-0.25, -0.2) is 4.79 Å². The molecule has 2 aromatic heterocycles. The molecule has 2 bridgehead atoms. The number of nitrogens with zero attached hydrogens (tertiary/aromatic N) is 3. The Balaban J connectivity index is 1.17. The van der Waals surface area contributed by atoms with Crippen molar-refractivity contribution in [2.24, 2.45) is 0 Å². The fourth-order valence-electron chi connectivity index (χ4n) is 7.78. The molecule has 8 rings (SSSR count). The fourth-order valence-corrected chi connectivity index (χ4v) is 9.69. The predicted molar refractivity (Wildman–Crippen MR) is 278 cm³/mol. The van der Waals surface area contributed by atoms with Crippen molar-refractivity contribution in [2.45, 2.75) is 27.4 Å². The van der Waals surface area contributed by atoms with E-state index in [0.717, 1.165) is 71.2 Å². The van der Waals surface area contributed by atoms with Gasteiger partial charge in [-0.2, -0.15) is 0 Å². The minimum Gasteiger partial charge on any atom is -0.490 e. The molecule has 5 heterocycles. The quantitative estimate of drug-likeness (QED) is 0.0543. The largest absolute Gasteiger partial charge is 0.490 e. The van der Waals surface area contributed by atoms with Crippen LogP contribution in [0.25, 0.3) is 21.9 Å². The van der Waals surface area contributed by atoms with Gasteiger partial charge in [-0.1, -0.05) is 30.9 Å². The normalized spacial score (nSPS) is 16.3. The lowest BCUT2D eigenvalue weighted by molar-refractivity contribution is -0.140. The number of thiophene rings is 2. The van der Waals surface area contributed by atoms with Crippen molar-refractivity contribution < 1.29 is 47.4 Å². The highest BCUT2D eigenvalue weighted by Crippen LogP contribution is 2.36. The Bertz CT molecular complexity index is 2330. The van der Waals surface area contributed by atoms with Gasteiger partial charge in [0.1, 0.15) is 43.7 Å². The molecule has 0 atom stereocenters. The first-order valence-electron chi connectivity index (χ1n) is 23.7. The summed E-state index contributed by atoms with van der Waals surface area (Å²) in [5.41, 5.74) is 7.45. The van der Waals surface area contributed by atoms with Crippen LogP contribution in [0.3, 0.4) is 0 Å². The molecule has 0 amide bonds. The molecule has 0 radical (unpaired) electrons. The van der Waals surface area contributed by atoms with Crippen molar-refractivity contribution in [3.8, 4) is 27.0 Å². The molecule has 3 aliphatic rings. The monoisotopic (exact) mass is 981 g/mol. The van der Waals surface area contributed by atoms with Crippen LogP contribution < -0.4 is 28.9 Å². The summed E-state index contributed by atoms with van der Waals surface area (Å²) in [6.07, 6.45) is 4.24.